The minimum atomic E-state index is -0.577. The van der Waals surface area contributed by atoms with Crippen molar-refractivity contribution >= 4 is 0 Å². The molecule has 1 radical (unpaired) electrons. The molecule has 0 aliphatic carbocycles. The highest BCUT2D eigenvalue weighted by atomic mass is 16.7. The largest absolute Gasteiger partial charge is 0.349 e. The van der Waals surface area contributed by atoms with Gasteiger partial charge in [0.25, 0.3) is 0 Å². The van der Waals surface area contributed by atoms with Crippen LogP contribution >= 0.6 is 0 Å². The molecule has 4 heteroatoms. The molecule has 0 atom stereocenters. The van der Waals surface area contributed by atoms with E-state index in [0.717, 1.165) is 12.8 Å². The molecule has 0 aromatic carbocycles. The maximum absolute atomic E-state index is 12.8. The molecule has 0 bridgehead atoms. The summed E-state index contributed by atoms with van der Waals surface area (Å²) >= 11 is 0. The Morgan fingerprint density at radius 2 is 1.45 bits per heavy atom. The lowest BCUT2D eigenvalue weighted by molar-refractivity contribution is -0.390. The van der Waals surface area contributed by atoms with Crippen molar-refractivity contribution in [3.05, 3.63) is 0 Å². The van der Waals surface area contributed by atoms with E-state index in [9.17, 15) is 5.21 Å². The summed E-state index contributed by atoms with van der Waals surface area (Å²) in [4.78, 5) is 0. The molecule has 20 heavy (non-hydrogen) atoms. The lowest BCUT2D eigenvalue weighted by Crippen LogP contribution is -2.68. The molecule has 0 N–H and O–H groups in total. The van der Waals surface area contributed by atoms with E-state index in [-0.39, 0.29) is 11.0 Å². The molecule has 0 amide bonds. The SMILES string of the molecule is CCC1(CC)CC2(CC(C)(C)N1[O])OCC(C)(C)CO2. The van der Waals surface area contributed by atoms with Crippen molar-refractivity contribution in [2.75, 3.05) is 13.2 Å². The normalized spacial score (nSPS) is 31.4. The second-order valence-electron chi connectivity index (χ2n) is 8.04. The zero-order valence-corrected chi connectivity index (χ0v) is 13.9. The number of hydrogen-bond acceptors (Lipinski definition) is 3. The van der Waals surface area contributed by atoms with E-state index in [1.54, 1.807) is 0 Å². The third kappa shape index (κ3) is 2.63. The summed E-state index contributed by atoms with van der Waals surface area (Å²) in [6, 6.07) is 0. The Bertz CT molecular complexity index is 351. The van der Waals surface area contributed by atoms with E-state index >= 15 is 0 Å². The van der Waals surface area contributed by atoms with Gasteiger partial charge in [-0.1, -0.05) is 27.7 Å². The Morgan fingerprint density at radius 3 is 1.90 bits per heavy atom. The molecular formula is C16H30NO3. The molecule has 2 heterocycles. The Morgan fingerprint density at radius 1 is 0.950 bits per heavy atom. The fourth-order valence-electron chi connectivity index (χ4n) is 3.74. The lowest BCUT2D eigenvalue weighted by Gasteiger charge is -2.58. The highest BCUT2D eigenvalue weighted by Gasteiger charge is 2.58. The Kier molecular flexibility index (Phi) is 4.00. The molecule has 2 rings (SSSR count). The molecule has 0 saturated carbocycles. The molecule has 2 saturated heterocycles. The van der Waals surface area contributed by atoms with Crippen molar-refractivity contribution in [3.8, 4) is 0 Å². The Hall–Kier alpha value is -0.160. The minimum absolute atomic E-state index is 0.0606. The van der Waals surface area contributed by atoms with Crippen LogP contribution in [0.2, 0.25) is 0 Å². The van der Waals surface area contributed by atoms with E-state index in [1.807, 2.05) is 13.8 Å². The minimum Gasteiger partial charge on any atom is -0.349 e. The van der Waals surface area contributed by atoms with Gasteiger partial charge in [-0.05, 0) is 26.7 Å². The highest BCUT2D eigenvalue weighted by molar-refractivity contribution is 5.04. The smallest absolute Gasteiger partial charge is 0.172 e. The van der Waals surface area contributed by atoms with Crippen molar-refractivity contribution in [2.45, 2.75) is 84.1 Å². The molecule has 0 unspecified atom stereocenters. The fraction of sp³-hybridized carbons (Fsp3) is 1.00. The van der Waals surface area contributed by atoms with Gasteiger partial charge in [0.15, 0.2) is 5.79 Å². The summed E-state index contributed by atoms with van der Waals surface area (Å²) in [5.41, 5.74) is -0.764. The van der Waals surface area contributed by atoms with Gasteiger partial charge in [-0.2, -0.15) is 0 Å². The summed E-state index contributed by atoms with van der Waals surface area (Å²) in [5.74, 6) is -0.577. The molecule has 0 aromatic rings. The van der Waals surface area contributed by atoms with E-state index in [1.165, 1.54) is 5.06 Å². The molecule has 1 spiro atoms. The number of hydroxylamine groups is 2. The first-order valence-electron chi connectivity index (χ1n) is 7.86. The van der Waals surface area contributed by atoms with Crippen LogP contribution in [-0.2, 0) is 14.7 Å². The van der Waals surface area contributed by atoms with Gasteiger partial charge in [0.1, 0.15) is 0 Å². The van der Waals surface area contributed by atoms with Crippen LogP contribution in [-0.4, -0.2) is 35.1 Å². The van der Waals surface area contributed by atoms with Crippen LogP contribution < -0.4 is 0 Å². The van der Waals surface area contributed by atoms with Gasteiger partial charge in [0.05, 0.1) is 18.8 Å². The summed E-state index contributed by atoms with van der Waals surface area (Å²) in [7, 11) is 0. The van der Waals surface area contributed by atoms with E-state index in [0.29, 0.717) is 26.1 Å². The molecule has 117 valence electrons. The third-order valence-corrected chi connectivity index (χ3v) is 5.05. The zero-order valence-electron chi connectivity index (χ0n) is 13.9. The van der Waals surface area contributed by atoms with Gasteiger partial charge < -0.3 is 9.47 Å². The quantitative estimate of drug-likeness (QED) is 0.779. The van der Waals surface area contributed by atoms with Crippen molar-refractivity contribution in [1.82, 2.24) is 5.06 Å². The average molecular weight is 284 g/mol. The van der Waals surface area contributed by atoms with Crippen molar-refractivity contribution in [1.29, 1.82) is 0 Å². The van der Waals surface area contributed by atoms with Crippen molar-refractivity contribution < 1.29 is 14.7 Å². The van der Waals surface area contributed by atoms with Crippen molar-refractivity contribution in [2.24, 2.45) is 5.41 Å². The van der Waals surface area contributed by atoms with Gasteiger partial charge in [-0.25, -0.2) is 0 Å². The number of hydrogen-bond donors (Lipinski definition) is 0. The number of ether oxygens (including phenoxy) is 2. The molecule has 2 aliphatic rings. The van der Waals surface area contributed by atoms with Gasteiger partial charge >= 0.3 is 0 Å². The summed E-state index contributed by atoms with van der Waals surface area (Å²) in [5, 5.41) is 14.1. The van der Waals surface area contributed by atoms with Crippen LogP contribution in [0.15, 0.2) is 0 Å². The summed E-state index contributed by atoms with van der Waals surface area (Å²) in [6.45, 7) is 13.9. The predicted octanol–water partition coefficient (Wildman–Crippen LogP) is 3.53. The standard InChI is InChI=1S/C16H30NO3/c1-7-15(8-2)10-16(9-14(5,6)17(15)18)19-11-13(3,4)12-20-16/h7-12H2,1-6H3. The maximum atomic E-state index is 12.8. The van der Waals surface area contributed by atoms with E-state index < -0.39 is 11.3 Å². The van der Waals surface area contributed by atoms with Gasteiger partial charge in [-0.3, -0.25) is 0 Å². The van der Waals surface area contributed by atoms with Crippen LogP contribution in [0.3, 0.4) is 0 Å². The van der Waals surface area contributed by atoms with Crippen LogP contribution in [0.5, 0.6) is 0 Å². The van der Waals surface area contributed by atoms with Crippen molar-refractivity contribution in [3.63, 3.8) is 0 Å². The highest BCUT2D eigenvalue weighted by Crippen LogP contribution is 2.50. The lowest BCUT2D eigenvalue weighted by atomic mass is 9.73. The fourth-order valence-corrected chi connectivity index (χ4v) is 3.74. The monoisotopic (exact) mass is 284 g/mol. The number of piperidine rings is 1. The molecule has 2 aliphatic heterocycles. The van der Waals surface area contributed by atoms with Crippen LogP contribution in [0.25, 0.3) is 0 Å². The third-order valence-electron chi connectivity index (χ3n) is 5.05. The number of nitrogens with zero attached hydrogens (tertiary/aromatic N) is 1. The predicted molar refractivity (Wildman–Crippen MR) is 77.6 cm³/mol. The Balaban J connectivity index is 2.29. The molecule has 0 aromatic heterocycles. The van der Waals surface area contributed by atoms with Gasteiger partial charge in [0, 0.05) is 23.8 Å². The van der Waals surface area contributed by atoms with E-state index in [4.69, 9.17) is 9.47 Å². The molecule has 4 nitrogen and oxygen atoms in total. The first-order chi connectivity index (χ1) is 9.10. The molecular weight excluding hydrogens is 254 g/mol. The number of rotatable bonds is 2. The summed E-state index contributed by atoms with van der Waals surface area (Å²) < 4.78 is 12.4. The first kappa shape index (κ1) is 16.2. The topological polar surface area (TPSA) is 41.6 Å². The second-order valence-corrected chi connectivity index (χ2v) is 8.04. The van der Waals surface area contributed by atoms with Crippen LogP contribution in [0.4, 0.5) is 0 Å². The first-order valence-corrected chi connectivity index (χ1v) is 7.86. The second kappa shape index (κ2) is 4.94. The molecule has 2 fully saturated rings. The Labute approximate surface area is 123 Å². The van der Waals surface area contributed by atoms with Gasteiger partial charge in [-0.15, -0.1) is 10.3 Å². The van der Waals surface area contributed by atoms with E-state index in [2.05, 4.69) is 27.7 Å². The zero-order chi connectivity index (χ0) is 15.2. The van der Waals surface area contributed by atoms with Crippen LogP contribution in [0.1, 0.15) is 67.2 Å². The van der Waals surface area contributed by atoms with Gasteiger partial charge in [0.2, 0.25) is 0 Å². The average Bonchev–Trinajstić information content (AvgIpc) is 2.38. The maximum Gasteiger partial charge on any atom is 0.172 e. The summed E-state index contributed by atoms with van der Waals surface area (Å²) in [6.07, 6.45) is 2.97. The van der Waals surface area contributed by atoms with Crippen LogP contribution in [0, 0.1) is 5.41 Å².